The Hall–Kier alpha value is -1.68. The maximum atomic E-state index is 13.4. The van der Waals surface area contributed by atoms with Crippen LogP contribution < -0.4 is 0 Å². The van der Waals surface area contributed by atoms with E-state index in [0.717, 1.165) is 30.5 Å². The number of hydrogen-bond donors (Lipinski definition) is 1. The largest absolute Gasteiger partial charge is 0.345 e. The number of thiophene rings is 1. The Morgan fingerprint density at radius 3 is 3.10 bits per heavy atom. The molecule has 2 heterocycles. The first-order valence-electron chi connectivity index (χ1n) is 6.94. The molecule has 1 aromatic carbocycles. The Morgan fingerprint density at radius 1 is 1.30 bits per heavy atom. The number of hydrogen-bond acceptors (Lipinski definition) is 2. The third-order valence-electron chi connectivity index (χ3n) is 4.35. The SMILES string of the molecule is N=C1c2cc(F)ccc2CN1C1CCCc2sccc21. The van der Waals surface area contributed by atoms with Gasteiger partial charge >= 0.3 is 0 Å². The molecule has 4 heteroatoms. The fourth-order valence-electron chi connectivity index (χ4n) is 3.38. The van der Waals surface area contributed by atoms with Gasteiger partial charge in [0.15, 0.2) is 0 Å². The Morgan fingerprint density at radius 2 is 2.20 bits per heavy atom. The first-order valence-corrected chi connectivity index (χ1v) is 7.82. The smallest absolute Gasteiger partial charge is 0.129 e. The van der Waals surface area contributed by atoms with Gasteiger partial charge in [0.1, 0.15) is 11.7 Å². The lowest BCUT2D eigenvalue weighted by Gasteiger charge is -2.32. The maximum Gasteiger partial charge on any atom is 0.129 e. The number of nitrogens with one attached hydrogen (secondary N) is 1. The van der Waals surface area contributed by atoms with E-state index in [9.17, 15) is 4.39 Å². The van der Waals surface area contributed by atoms with Crippen LogP contribution in [0.3, 0.4) is 0 Å². The van der Waals surface area contributed by atoms with E-state index in [1.54, 1.807) is 0 Å². The molecule has 2 aliphatic rings. The van der Waals surface area contributed by atoms with Crippen molar-refractivity contribution >= 4 is 17.2 Å². The number of aryl methyl sites for hydroxylation is 1. The van der Waals surface area contributed by atoms with Gasteiger partial charge in [-0.2, -0.15) is 0 Å². The number of benzene rings is 1. The minimum atomic E-state index is -0.254. The standard InChI is InChI=1S/C16H15FN2S/c17-11-5-4-10-9-19(16(18)13(10)8-11)14-2-1-3-15-12(14)6-7-20-15/h4-8,14,18H,1-3,9H2. The zero-order valence-corrected chi connectivity index (χ0v) is 11.8. The fourth-order valence-corrected chi connectivity index (χ4v) is 4.36. The Kier molecular flexibility index (Phi) is 2.67. The molecule has 2 aromatic rings. The molecule has 0 bridgehead atoms. The number of amidine groups is 1. The van der Waals surface area contributed by atoms with E-state index in [2.05, 4.69) is 16.3 Å². The molecule has 102 valence electrons. The lowest BCUT2D eigenvalue weighted by atomic mass is 9.93. The summed E-state index contributed by atoms with van der Waals surface area (Å²) >= 11 is 1.82. The zero-order chi connectivity index (χ0) is 13.7. The quantitative estimate of drug-likeness (QED) is 0.839. The van der Waals surface area contributed by atoms with Gasteiger partial charge in [-0.3, -0.25) is 5.41 Å². The van der Waals surface area contributed by atoms with E-state index in [0.29, 0.717) is 5.84 Å². The van der Waals surface area contributed by atoms with Gasteiger partial charge in [-0.05, 0) is 54.0 Å². The van der Waals surface area contributed by atoms with Gasteiger partial charge in [-0.25, -0.2) is 4.39 Å². The predicted octanol–water partition coefficient (Wildman–Crippen LogP) is 4.11. The van der Waals surface area contributed by atoms with Crippen LogP contribution in [0.25, 0.3) is 0 Å². The van der Waals surface area contributed by atoms with Crippen molar-refractivity contribution in [1.29, 1.82) is 5.41 Å². The van der Waals surface area contributed by atoms with Crippen LogP contribution >= 0.6 is 11.3 Å². The number of halogens is 1. The van der Waals surface area contributed by atoms with Gasteiger partial charge in [0.05, 0.1) is 6.04 Å². The first-order chi connectivity index (χ1) is 9.74. The van der Waals surface area contributed by atoms with Gasteiger partial charge in [0.2, 0.25) is 0 Å². The highest BCUT2D eigenvalue weighted by molar-refractivity contribution is 7.10. The van der Waals surface area contributed by atoms with E-state index < -0.39 is 0 Å². The van der Waals surface area contributed by atoms with Crippen LogP contribution in [0.15, 0.2) is 29.6 Å². The van der Waals surface area contributed by atoms with Crippen LogP contribution in [0.2, 0.25) is 0 Å². The summed E-state index contributed by atoms with van der Waals surface area (Å²) in [5, 5.41) is 10.5. The van der Waals surface area contributed by atoms with Crippen molar-refractivity contribution in [2.24, 2.45) is 0 Å². The predicted molar refractivity (Wildman–Crippen MR) is 78.8 cm³/mol. The van der Waals surface area contributed by atoms with E-state index in [1.807, 2.05) is 17.4 Å². The Balaban J connectivity index is 1.72. The molecule has 4 rings (SSSR count). The van der Waals surface area contributed by atoms with Gasteiger partial charge in [-0.1, -0.05) is 6.07 Å². The summed E-state index contributed by atoms with van der Waals surface area (Å²) in [6.07, 6.45) is 3.42. The molecular formula is C16H15FN2S. The fraction of sp³-hybridized carbons (Fsp3) is 0.312. The second-order valence-corrected chi connectivity index (χ2v) is 6.49. The molecule has 20 heavy (non-hydrogen) atoms. The molecule has 1 unspecified atom stereocenters. The van der Waals surface area contributed by atoms with Crippen LogP contribution in [-0.4, -0.2) is 10.7 Å². The second kappa shape index (κ2) is 4.42. The summed E-state index contributed by atoms with van der Waals surface area (Å²) in [4.78, 5) is 3.59. The molecule has 1 atom stereocenters. The Bertz CT molecular complexity index is 692. The minimum absolute atomic E-state index is 0.254. The summed E-state index contributed by atoms with van der Waals surface area (Å²) < 4.78 is 13.4. The molecule has 1 aliphatic carbocycles. The van der Waals surface area contributed by atoms with Crippen molar-refractivity contribution in [2.45, 2.75) is 31.8 Å². The highest BCUT2D eigenvalue weighted by atomic mass is 32.1. The van der Waals surface area contributed by atoms with E-state index >= 15 is 0 Å². The van der Waals surface area contributed by atoms with Crippen molar-refractivity contribution in [3.05, 3.63) is 57.0 Å². The summed E-state index contributed by atoms with van der Waals surface area (Å²) in [5.41, 5.74) is 3.20. The van der Waals surface area contributed by atoms with Crippen molar-refractivity contribution in [3.63, 3.8) is 0 Å². The van der Waals surface area contributed by atoms with Crippen LogP contribution in [0.1, 0.15) is 40.5 Å². The minimum Gasteiger partial charge on any atom is -0.345 e. The molecule has 0 fully saturated rings. The van der Waals surface area contributed by atoms with Gasteiger partial charge < -0.3 is 4.90 Å². The highest BCUT2D eigenvalue weighted by Gasteiger charge is 2.33. The molecule has 1 aromatic heterocycles. The van der Waals surface area contributed by atoms with E-state index in [-0.39, 0.29) is 11.9 Å². The molecule has 1 N–H and O–H groups in total. The third kappa shape index (κ3) is 1.71. The molecule has 0 radical (unpaired) electrons. The molecular weight excluding hydrogens is 271 g/mol. The molecule has 1 aliphatic heterocycles. The zero-order valence-electron chi connectivity index (χ0n) is 11.0. The number of fused-ring (bicyclic) bond motifs is 2. The average Bonchev–Trinajstić information content (AvgIpc) is 3.04. The van der Waals surface area contributed by atoms with Crippen molar-refractivity contribution < 1.29 is 4.39 Å². The summed E-state index contributed by atoms with van der Waals surface area (Å²) in [6, 6.07) is 7.28. The Labute approximate surface area is 121 Å². The van der Waals surface area contributed by atoms with Crippen LogP contribution in [0.4, 0.5) is 4.39 Å². The summed E-state index contributed by atoms with van der Waals surface area (Å²) in [6.45, 7) is 0.731. The average molecular weight is 286 g/mol. The third-order valence-corrected chi connectivity index (χ3v) is 5.35. The normalized spacial score (nSPS) is 20.9. The molecule has 0 saturated carbocycles. The van der Waals surface area contributed by atoms with Gasteiger partial charge in [-0.15, -0.1) is 11.3 Å². The highest BCUT2D eigenvalue weighted by Crippen LogP contribution is 2.40. The van der Waals surface area contributed by atoms with Crippen molar-refractivity contribution in [1.82, 2.24) is 4.90 Å². The van der Waals surface area contributed by atoms with Gasteiger partial charge in [0, 0.05) is 17.0 Å². The van der Waals surface area contributed by atoms with Gasteiger partial charge in [0.25, 0.3) is 0 Å². The molecule has 0 amide bonds. The van der Waals surface area contributed by atoms with Crippen LogP contribution in [0.5, 0.6) is 0 Å². The molecule has 0 saturated heterocycles. The number of rotatable bonds is 1. The summed E-state index contributed by atoms with van der Waals surface area (Å²) in [7, 11) is 0. The first kappa shape index (κ1) is 12.1. The molecule has 0 spiro atoms. The van der Waals surface area contributed by atoms with E-state index in [1.165, 1.54) is 29.0 Å². The topological polar surface area (TPSA) is 27.1 Å². The summed E-state index contributed by atoms with van der Waals surface area (Å²) in [5.74, 6) is 0.221. The second-order valence-electron chi connectivity index (χ2n) is 5.49. The lowest BCUT2D eigenvalue weighted by molar-refractivity contribution is 0.288. The van der Waals surface area contributed by atoms with Crippen molar-refractivity contribution in [2.75, 3.05) is 0 Å². The van der Waals surface area contributed by atoms with E-state index in [4.69, 9.17) is 5.41 Å². The molecule has 2 nitrogen and oxygen atoms in total. The number of nitrogens with zero attached hydrogens (tertiary/aromatic N) is 1. The lowest BCUT2D eigenvalue weighted by Crippen LogP contribution is -2.31. The van der Waals surface area contributed by atoms with Crippen molar-refractivity contribution in [3.8, 4) is 0 Å². The van der Waals surface area contributed by atoms with Crippen LogP contribution in [0, 0.1) is 11.2 Å². The monoisotopic (exact) mass is 286 g/mol. The maximum absolute atomic E-state index is 13.4. The van der Waals surface area contributed by atoms with Crippen LogP contribution in [-0.2, 0) is 13.0 Å².